The van der Waals surface area contributed by atoms with Crippen molar-refractivity contribution in [2.75, 3.05) is 13.6 Å². The predicted molar refractivity (Wildman–Crippen MR) is 98.7 cm³/mol. The van der Waals surface area contributed by atoms with E-state index in [4.69, 9.17) is 0 Å². The van der Waals surface area contributed by atoms with Gasteiger partial charge in [0.1, 0.15) is 11.5 Å². The van der Waals surface area contributed by atoms with Gasteiger partial charge in [0.2, 0.25) is 0 Å². The molecule has 25 heavy (non-hydrogen) atoms. The number of hydrogen-bond acceptors (Lipinski definition) is 3. The number of allylic oxidation sites excluding steroid dienone is 1. The van der Waals surface area contributed by atoms with Gasteiger partial charge in [-0.05, 0) is 17.5 Å². The van der Waals surface area contributed by atoms with E-state index in [1.165, 1.54) is 0 Å². The summed E-state index contributed by atoms with van der Waals surface area (Å²) in [5.41, 5.74) is 2.62. The number of nitrogens with zero attached hydrogens (tertiary/aromatic N) is 2. The molecule has 1 N–H and O–H groups in total. The molecule has 1 heterocycles. The van der Waals surface area contributed by atoms with E-state index in [1.54, 1.807) is 0 Å². The van der Waals surface area contributed by atoms with Crippen LogP contribution < -0.4 is 0 Å². The third kappa shape index (κ3) is 4.21. The number of benzene rings is 2. The Hall–Kier alpha value is -2.75. The molecule has 0 aliphatic carbocycles. The molecule has 0 radical (unpaired) electrons. The van der Waals surface area contributed by atoms with Crippen molar-refractivity contribution in [3.8, 4) is 0 Å². The molecule has 4 nitrogen and oxygen atoms in total. The maximum absolute atomic E-state index is 13.1. The Labute approximate surface area is 149 Å². The first-order valence-corrected chi connectivity index (χ1v) is 8.65. The van der Waals surface area contributed by atoms with E-state index < -0.39 is 0 Å². The van der Waals surface area contributed by atoms with Gasteiger partial charge < -0.3 is 14.9 Å². The highest BCUT2D eigenvalue weighted by atomic mass is 16.3. The molecule has 0 fully saturated rings. The molecule has 0 bridgehead atoms. The number of aliphatic hydroxyl groups excluding tert-OH is 1. The van der Waals surface area contributed by atoms with Gasteiger partial charge in [-0.1, -0.05) is 60.7 Å². The first kappa shape index (κ1) is 17.1. The van der Waals surface area contributed by atoms with Crippen molar-refractivity contribution in [3.05, 3.63) is 83.2 Å². The van der Waals surface area contributed by atoms with Gasteiger partial charge >= 0.3 is 0 Å². The van der Waals surface area contributed by atoms with Crippen LogP contribution in [0.5, 0.6) is 0 Å². The van der Waals surface area contributed by atoms with Crippen LogP contribution >= 0.6 is 0 Å². The lowest BCUT2D eigenvalue weighted by Crippen LogP contribution is -2.36. The summed E-state index contributed by atoms with van der Waals surface area (Å²) < 4.78 is 0. The van der Waals surface area contributed by atoms with Crippen LogP contribution in [0.15, 0.2) is 72.1 Å². The SMILES string of the molecule is CN(Cc1ccccc1)C1=C(O)CCCN(Cc2ccccc2)C1=O. The maximum atomic E-state index is 13.1. The number of hydrogen-bond donors (Lipinski definition) is 1. The second kappa shape index (κ2) is 7.88. The number of carbonyl (C=O) groups excluding carboxylic acids is 1. The van der Waals surface area contributed by atoms with Crippen LogP contribution in [0.2, 0.25) is 0 Å². The van der Waals surface area contributed by atoms with Gasteiger partial charge in [-0.2, -0.15) is 0 Å². The van der Waals surface area contributed by atoms with Crippen molar-refractivity contribution in [2.45, 2.75) is 25.9 Å². The number of carbonyl (C=O) groups is 1. The van der Waals surface area contributed by atoms with E-state index >= 15 is 0 Å². The van der Waals surface area contributed by atoms with Gasteiger partial charge in [-0.15, -0.1) is 0 Å². The zero-order valence-corrected chi connectivity index (χ0v) is 14.6. The highest BCUT2D eigenvalue weighted by molar-refractivity contribution is 5.93. The summed E-state index contributed by atoms with van der Waals surface area (Å²) in [6.07, 6.45) is 1.30. The Morgan fingerprint density at radius 3 is 2.24 bits per heavy atom. The van der Waals surface area contributed by atoms with Crippen molar-refractivity contribution < 1.29 is 9.90 Å². The Bertz CT molecular complexity index is 741. The van der Waals surface area contributed by atoms with Crippen LogP contribution in [0.3, 0.4) is 0 Å². The molecule has 4 heteroatoms. The Morgan fingerprint density at radius 2 is 1.60 bits per heavy atom. The fraction of sp³-hybridized carbons (Fsp3) is 0.286. The van der Waals surface area contributed by atoms with Gasteiger partial charge in [-0.25, -0.2) is 0 Å². The van der Waals surface area contributed by atoms with E-state index in [9.17, 15) is 9.90 Å². The summed E-state index contributed by atoms with van der Waals surface area (Å²) in [5, 5.41) is 10.4. The summed E-state index contributed by atoms with van der Waals surface area (Å²) in [6, 6.07) is 20.0. The van der Waals surface area contributed by atoms with Crippen LogP contribution in [0, 0.1) is 0 Å². The molecular formula is C21H24N2O2. The van der Waals surface area contributed by atoms with E-state index in [1.807, 2.05) is 77.5 Å². The molecule has 3 rings (SSSR count). The van der Waals surface area contributed by atoms with Gasteiger partial charge in [0.25, 0.3) is 5.91 Å². The largest absolute Gasteiger partial charge is 0.510 e. The lowest BCUT2D eigenvalue weighted by molar-refractivity contribution is -0.129. The summed E-state index contributed by atoms with van der Waals surface area (Å²) >= 11 is 0. The smallest absolute Gasteiger partial charge is 0.273 e. The lowest BCUT2D eigenvalue weighted by atomic mass is 10.2. The highest BCUT2D eigenvalue weighted by Gasteiger charge is 2.28. The summed E-state index contributed by atoms with van der Waals surface area (Å²) in [4.78, 5) is 16.7. The summed E-state index contributed by atoms with van der Waals surface area (Å²) in [6.45, 7) is 1.81. The molecule has 2 aromatic carbocycles. The van der Waals surface area contributed by atoms with E-state index in [0.29, 0.717) is 31.8 Å². The average Bonchev–Trinajstić information content (AvgIpc) is 2.75. The molecule has 1 amide bonds. The molecule has 1 aliphatic heterocycles. The normalized spacial score (nSPS) is 15.2. The first-order chi connectivity index (χ1) is 12.1. The van der Waals surface area contributed by atoms with Crippen molar-refractivity contribution >= 4 is 5.91 Å². The third-order valence-electron chi connectivity index (χ3n) is 4.47. The third-order valence-corrected chi connectivity index (χ3v) is 4.47. The van der Waals surface area contributed by atoms with Crippen LogP contribution in [0.4, 0.5) is 0 Å². The topological polar surface area (TPSA) is 43.8 Å². The van der Waals surface area contributed by atoms with Crippen molar-refractivity contribution in [1.82, 2.24) is 9.80 Å². The van der Waals surface area contributed by atoms with E-state index in [-0.39, 0.29) is 11.7 Å². The van der Waals surface area contributed by atoms with Crippen LogP contribution in [0.25, 0.3) is 0 Å². The molecule has 0 aromatic heterocycles. The Kier molecular flexibility index (Phi) is 5.39. The quantitative estimate of drug-likeness (QED) is 0.905. The summed E-state index contributed by atoms with van der Waals surface area (Å²) in [5.74, 6) is 0.0938. The average molecular weight is 336 g/mol. The summed E-state index contributed by atoms with van der Waals surface area (Å²) in [7, 11) is 1.86. The van der Waals surface area contributed by atoms with Gasteiger partial charge in [0, 0.05) is 33.1 Å². The highest BCUT2D eigenvalue weighted by Crippen LogP contribution is 2.22. The molecular weight excluding hydrogens is 312 g/mol. The monoisotopic (exact) mass is 336 g/mol. The van der Waals surface area contributed by atoms with Crippen molar-refractivity contribution in [2.24, 2.45) is 0 Å². The molecule has 0 saturated carbocycles. The standard InChI is InChI=1S/C21H24N2O2/c1-22(15-17-9-4-2-5-10-17)20-19(24)13-8-14-23(21(20)25)16-18-11-6-3-7-12-18/h2-7,9-12,24H,8,13-16H2,1H3. The van der Waals surface area contributed by atoms with Crippen molar-refractivity contribution in [1.29, 1.82) is 0 Å². The lowest BCUT2D eigenvalue weighted by Gasteiger charge is -2.27. The Balaban J connectivity index is 1.79. The number of aliphatic hydroxyl groups is 1. The van der Waals surface area contributed by atoms with E-state index in [0.717, 1.165) is 17.5 Å². The molecule has 2 aromatic rings. The molecule has 0 spiro atoms. The predicted octanol–water partition coefficient (Wildman–Crippen LogP) is 3.71. The number of rotatable bonds is 5. The van der Waals surface area contributed by atoms with Crippen LogP contribution in [-0.2, 0) is 17.9 Å². The fourth-order valence-corrected chi connectivity index (χ4v) is 3.21. The minimum Gasteiger partial charge on any atom is -0.510 e. The van der Waals surface area contributed by atoms with Gasteiger partial charge in [0.15, 0.2) is 0 Å². The van der Waals surface area contributed by atoms with Gasteiger partial charge in [0.05, 0.1) is 0 Å². The molecule has 130 valence electrons. The van der Waals surface area contributed by atoms with Crippen LogP contribution in [0.1, 0.15) is 24.0 Å². The van der Waals surface area contributed by atoms with Crippen LogP contribution in [-0.4, -0.2) is 34.4 Å². The molecule has 0 saturated heterocycles. The molecule has 0 atom stereocenters. The second-order valence-corrected chi connectivity index (χ2v) is 6.45. The Morgan fingerprint density at radius 1 is 1.00 bits per heavy atom. The number of amides is 1. The fourth-order valence-electron chi connectivity index (χ4n) is 3.21. The molecule has 0 unspecified atom stereocenters. The minimum atomic E-state index is -0.0997. The zero-order chi connectivity index (χ0) is 17.6. The second-order valence-electron chi connectivity index (χ2n) is 6.45. The zero-order valence-electron chi connectivity index (χ0n) is 14.6. The maximum Gasteiger partial charge on any atom is 0.273 e. The molecule has 1 aliphatic rings. The van der Waals surface area contributed by atoms with E-state index in [2.05, 4.69) is 0 Å². The minimum absolute atomic E-state index is 0.0997. The van der Waals surface area contributed by atoms with Crippen molar-refractivity contribution in [3.63, 3.8) is 0 Å². The number of likely N-dealkylation sites (N-methyl/N-ethyl adjacent to an activating group) is 1. The van der Waals surface area contributed by atoms with Gasteiger partial charge in [-0.3, -0.25) is 4.79 Å². The first-order valence-electron chi connectivity index (χ1n) is 8.65.